The normalized spacial score (nSPS) is 12.4. The van der Waals surface area contributed by atoms with E-state index in [9.17, 15) is 9.59 Å². The molecule has 0 aliphatic heterocycles. The lowest BCUT2D eigenvalue weighted by atomic mass is 10.1. The maximum absolute atomic E-state index is 13.2. The number of rotatable bonds is 8. The van der Waals surface area contributed by atoms with Gasteiger partial charge in [-0.1, -0.05) is 58.5 Å². The van der Waals surface area contributed by atoms with E-state index in [0.717, 1.165) is 11.1 Å². The van der Waals surface area contributed by atoms with Gasteiger partial charge < -0.3 is 10.2 Å². The average Bonchev–Trinajstić information content (AvgIpc) is 2.69. The number of nitrogens with one attached hydrogen (secondary N) is 1. The van der Waals surface area contributed by atoms with E-state index in [1.807, 2.05) is 20.8 Å². The summed E-state index contributed by atoms with van der Waals surface area (Å²) < 4.78 is 0. The second-order valence-electron chi connectivity index (χ2n) is 8.38. The molecule has 0 spiro atoms. The molecular formula is C23H26Cl4N2O2S. The molecule has 0 unspecified atom stereocenters. The number of halogens is 4. The Hall–Kier alpha value is -1.11. The van der Waals surface area contributed by atoms with Crippen LogP contribution in [0, 0.1) is 0 Å². The zero-order valence-electron chi connectivity index (χ0n) is 18.3. The Balaban J connectivity index is 2.17. The van der Waals surface area contributed by atoms with Crippen molar-refractivity contribution < 1.29 is 9.59 Å². The molecule has 0 aromatic heterocycles. The Kier molecular flexibility index (Phi) is 10.0. The Morgan fingerprint density at radius 1 is 1.00 bits per heavy atom. The average molecular weight is 536 g/mol. The van der Waals surface area contributed by atoms with Gasteiger partial charge in [0.1, 0.15) is 6.04 Å². The van der Waals surface area contributed by atoms with Gasteiger partial charge in [-0.25, -0.2) is 0 Å². The molecule has 0 fully saturated rings. The van der Waals surface area contributed by atoms with Gasteiger partial charge in [-0.05, 0) is 63.1 Å². The number of nitrogens with zero attached hydrogens (tertiary/aromatic N) is 1. The molecule has 1 atom stereocenters. The third-order valence-electron chi connectivity index (χ3n) is 4.54. The highest BCUT2D eigenvalue weighted by atomic mass is 35.5. The minimum absolute atomic E-state index is 0.163. The molecule has 0 radical (unpaired) electrons. The maximum atomic E-state index is 13.2. The van der Waals surface area contributed by atoms with Gasteiger partial charge in [0.05, 0.1) is 15.8 Å². The van der Waals surface area contributed by atoms with E-state index in [1.54, 1.807) is 48.2 Å². The first-order valence-corrected chi connectivity index (χ1v) is 12.6. The van der Waals surface area contributed by atoms with Crippen LogP contribution in [-0.4, -0.2) is 34.0 Å². The van der Waals surface area contributed by atoms with Crippen LogP contribution in [0.3, 0.4) is 0 Å². The molecule has 4 nitrogen and oxygen atoms in total. The summed E-state index contributed by atoms with van der Waals surface area (Å²) in [5, 5.41) is 4.88. The molecule has 0 saturated carbocycles. The molecule has 1 N–H and O–H groups in total. The summed E-state index contributed by atoms with van der Waals surface area (Å²) in [6.07, 6.45) is 0. The molecule has 2 aromatic carbocycles. The highest BCUT2D eigenvalue weighted by Gasteiger charge is 2.28. The lowest BCUT2D eigenvalue weighted by Gasteiger charge is -2.31. The number of hydrogen-bond donors (Lipinski definition) is 1. The van der Waals surface area contributed by atoms with Crippen molar-refractivity contribution >= 4 is 70.0 Å². The van der Waals surface area contributed by atoms with Crippen LogP contribution in [0.2, 0.25) is 20.1 Å². The van der Waals surface area contributed by atoms with E-state index in [0.29, 0.717) is 25.8 Å². The van der Waals surface area contributed by atoms with Crippen LogP contribution in [0.4, 0.5) is 0 Å². The first-order valence-electron chi connectivity index (χ1n) is 9.95. The molecular weight excluding hydrogens is 510 g/mol. The largest absolute Gasteiger partial charge is 0.350 e. The molecule has 32 heavy (non-hydrogen) atoms. The predicted molar refractivity (Wildman–Crippen MR) is 137 cm³/mol. The fourth-order valence-electron chi connectivity index (χ4n) is 2.88. The summed E-state index contributed by atoms with van der Waals surface area (Å²) in [6.45, 7) is 7.62. The molecule has 0 bridgehead atoms. The van der Waals surface area contributed by atoms with Crippen LogP contribution >= 0.6 is 58.2 Å². The van der Waals surface area contributed by atoms with Gasteiger partial charge in [0, 0.05) is 27.9 Å². The fourth-order valence-corrected chi connectivity index (χ4v) is 4.85. The SMILES string of the molecule is C[C@@H](C(=O)NC(C)(C)C)N(Cc1ccc(Cl)c(Cl)c1)C(=O)CSCc1c(Cl)cccc1Cl. The number of benzene rings is 2. The van der Waals surface area contributed by atoms with E-state index >= 15 is 0 Å². The standard InChI is InChI=1S/C23H26Cl4N2O2S/c1-14(22(31)28-23(2,3)4)29(11-15-8-9-19(26)20(27)10-15)21(30)13-32-12-16-17(24)6-5-7-18(16)25/h5-10,14H,11-13H2,1-4H3,(H,28,31)/t14-/m0/s1. The summed E-state index contributed by atoms with van der Waals surface area (Å²) in [4.78, 5) is 27.5. The predicted octanol–water partition coefficient (Wildman–Crippen LogP) is 6.87. The molecule has 0 aliphatic carbocycles. The summed E-state index contributed by atoms with van der Waals surface area (Å²) >= 11 is 26.0. The zero-order chi connectivity index (χ0) is 24.1. The van der Waals surface area contributed by atoms with Crippen molar-refractivity contribution in [3.8, 4) is 0 Å². The van der Waals surface area contributed by atoms with Crippen molar-refractivity contribution in [1.82, 2.24) is 10.2 Å². The molecule has 0 saturated heterocycles. The maximum Gasteiger partial charge on any atom is 0.242 e. The van der Waals surface area contributed by atoms with Gasteiger partial charge in [0.15, 0.2) is 0 Å². The van der Waals surface area contributed by atoms with Crippen molar-refractivity contribution in [1.29, 1.82) is 0 Å². The molecule has 2 amide bonds. The van der Waals surface area contributed by atoms with Crippen LogP contribution in [0.15, 0.2) is 36.4 Å². The van der Waals surface area contributed by atoms with Gasteiger partial charge in [-0.3, -0.25) is 9.59 Å². The Labute approximate surface area is 213 Å². The van der Waals surface area contributed by atoms with Gasteiger partial charge in [-0.15, -0.1) is 11.8 Å². The van der Waals surface area contributed by atoms with Crippen LogP contribution in [0.25, 0.3) is 0 Å². The summed E-state index contributed by atoms with van der Waals surface area (Å²) in [7, 11) is 0. The quantitative estimate of drug-likeness (QED) is 0.401. The second kappa shape index (κ2) is 11.8. The highest BCUT2D eigenvalue weighted by Crippen LogP contribution is 2.29. The molecule has 174 valence electrons. The Morgan fingerprint density at radius 3 is 2.19 bits per heavy atom. The van der Waals surface area contributed by atoms with Gasteiger partial charge in [-0.2, -0.15) is 0 Å². The summed E-state index contributed by atoms with van der Waals surface area (Å²) in [5.74, 6) is 0.231. The summed E-state index contributed by atoms with van der Waals surface area (Å²) in [6, 6.07) is 9.80. The minimum Gasteiger partial charge on any atom is -0.350 e. The van der Waals surface area contributed by atoms with Crippen LogP contribution in [0.1, 0.15) is 38.8 Å². The van der Waals surface area contributed by atoms with Crippen molar-refractivity contribution in [2.75, 3.05) is 5.75 Å². The van der Waals surface area contributed by atoms with Gasteiger partial charge >= 0.3 is 0 Å². The first-order chi connectivity index (χ1) is 14.9. The molecule has 2 rings (SSSR count). The number of carbonyl (C=O) groups excluding carboxylic acids is 2. The summed E-state index contributed by atoms with van der Waals surface area (Å²) in [5.41, 5.74) is 1.14. The third kappa shape index (κ3) is 8.03. The van der Waals surface area contributed by atoms with Crippen LogP contribution < -0.4 is 5.32 Å². The Bertz CT molecular complexity index is 959. The van der Waals surface area contributed by atoms with Gasteiger partial charge in [0.2, 0.25) is 11.8 Å². The van der Waals surface area contributed by atoms with E-state index < -0.39 is 11.6 Å². The number of hydrogen-bond acceptors (Lipinski definition) is 3. The topological polar surface area (TPSA) is 49.4 Å². The zero-order valence-corrected chi connectivity index (χ0v) is 22.2. The van der Waals surface area contributed by atoms with Crippen molar-refractivity contribution in [2.24, 2.45) is 0 Å². The molecule has 2 aromatic rings. The lowest BCUT2D eigenvalue weighted by molar-refractivity contribution is -0.139. The molecule has 0 heterocycles. The van der Waals surface area contributed by atoms with Gasteiger partial charge in [0.25, 0.3) is 0 Å². The van der Waals surface area contributed by atoms with Crippen LogP contribution in [-0.2, 0) is 21.9 Å². The fraction of sp³-hybridized carbons (Fsp3) is 0.391. The number of carbonyl (C=O) groups is 2. The van der Waals surface area contributed by atoms with E-state index in [2.05, 4.69) is 5.32 Å². The molecule has 9 heteroatoms. The van der Waals surface area contributed by atoms with E-state index in [-0.39, 0.29) is 24.1 Å². The Morgan fingerprint density at radius 2 is 1.62 bits per heavy atom. The van der Waals surface area contributed by atoms with Crippen molar-refractivity contribution in [2.45, 2.75) is 51.6 Å². The number of amides is 2. The smallest absolute Gasteiger partial charge is 0.242 e. The second-order valence-corrected chi connectivity index (χ2v) is 11.0. The lowest BCUT2D eigenvalue weighted by Crippen LogP contribution is -2.52. The van der Waals surface area contributed by atoms with Crippen molar-refractivity contribution in [3.63, 3.8) is 0 Å². The van der Waals surface area contributed by atoms with Crippen molar-refractivity contribution in [3.05, 3.63) is 67.6 Å². The first kappa shape index (κ1) is 27.1. The van der Waals surface area contributed by atoms with E-state index in [1.165, 1.54) is 11.8 Å². The third-order valence-corrected chi connectivity index (χ3v) is 6.93. The number of thioether (sulfide) groups is 1. The highest BCUT2D eigenvalue weighted by molar-refractivity contribution is 7.99. The van der Waals surface area contributed by atoms with E-state index in [4.69, 9.17) is 46.4 Å². The minimum atomic E-state index is -0.680. The monoisotopic (exact) mass is 534 g/mol. The van der Waals surface area contributed by atoms with Crippen LogP contribution in [0.5, 0.6) is 0 Å². The molecule has 0 aliphatic rings.